The lowest BCUT2D eigenvalue weighted by atomic mass is 10.1. The maximum Gasteiger partial charge on any atom is 0.243 e. The Morgan fingerprint density at radius 1 is 1.04 bits per heavy atom. The van der Waals surface area contributed by atoms with Gasteiger partial charge in [0.15, 0.2) is 0 Å². The third kappa shape index (κ3) is 3.68. The van der Waals surface area contributed by atoms with Crippen molar-refractivity contribution in [1.82, 2.24) is 9.29 Å². The molecule has 3 rings (SSSR count). The summed E-state index contributed by atoms with van der Waals surface area (Å²) in [6.07, 6.45) is 2.27. The number of aromatic nitrogens is 1. The Morgan fingerprint density at radius 3 is 2.48 bits per heavy atom. The molecule has 0 atom stereocenters. The lowest BCUT2D eigenvalue weighted by molar-refractivity contribution is 0.430. The van der Waals surface area contributed by atoms with E-state index in [9.17, 15) is 8.42 Å². The number of benzene rings is 2. The van der Waals surface area contributed by atoms with E-state index < -0.39 is 10.0 Å². The predicted molar refractivity (Wildman–Crippen MR) is 101 cm³/mol. The van der Waals surface area contributed by atoms with Crippen LogP contribution in [0.15, 0.2) is 65.7 Å². The molecule has 0 unspecified atom stereocenters. The molecular formula is C19H19ClN2O2S. The molecule has 0 spiro atoms. The van der Waals surface area contributed by atoms with Crippen LogP contribution in [0.3, 0.4) is 0 Å². The van der Waals surface area contributed by atoms with Crippen LogP contribution in [0.5, 0.6) is 0 Å². The number of sulfonamides is 1. The van der Waals surface area contributed by atoms with Crippen molar-refractivity contribution in [2.24, 2.45) is 0 Å². The fourth-order valence-electron chi connectivity index (χ4n) is 2.85. The van der Waals surface area contributed by atoms with Gasteiger partial charge in [-0.25, -0.2) is 8.42 Å². The first-order chi connectivity index (χ1) is 12.0. The maximum atomic E-state index is 13.2. The molecule has 6 heteroatoms. The number of pyridine rings is 1. The molecule has 0 aliphatic heterocycles. The number of hydrogen-bond donors (Lipinski definition) is 0. The number of rotatable bonds is 6. The topological polar surface area (TPSA) is 50.3 Å². The van der Waals surface area contributed by atoms with Gasteiger partial charge in [-0.2, -0.15) is 4.31 Å². The van der Waals surface area contributed by atoms with E-state index in [2.05, 4.69) is 4.98 Å². The highest BCUT2D eigenvalue weighted by atomic mass is 35.5. The molecule has 130 valence electrons. The van der Waals surface area contributed by atoms with E-state index in [1.807, 2.05) is 43.3 Å². The highest BCUT2D eigenvalue weighted by Crippen LogP contribution is 2.31. The molecule has 0 saturated carbocycles. The normalized spacial score (nSPS) is 12.0. The van der Waals surface area contributed by atoms with Gasteiger partial charge in [-0.3, -0.25) is 4.98 Å². The Morgan fingerprint density at radius 2 is 1.80 bits per heavy atom. The molecule has 1 aromatic heterocycles. The molecule has 0 amide bonds. The van der Waals surface area contributed by atoms with Crippen molar-refractivity contribution in [1.29, 1.82) is 0 Å². The summed E-state index contributed by atoms with van der Waals surface area (Å²) in [6, 6.07) is 16.3. The van der Waals surface area contributed by atoms with Crippen molar-refractivity contribution in [2.45, 2.75) is 18.2 Å². The van der Waals surface area contributed by atoms with Gasteiger partial charge in [-0.15, -0.1) is 0 Å². The average molecular weight is 375 g/mol. The molecule has 0 N–H and O–H groups in total. The second-order valence-electron chi connectivity index (χ2n) is 5.66. The summed E-state index contributed by atoms with van der Waals surface area (Å²) in [7, 11) is -3.65. The number of halogens is 1. The van der Waals surface area contributed by atoms with Gasteiger partial charge >= 0.3 is 0 Å². The molecule has 3 aromatic rings. The molecule has 0 aliphatic carbocycles. The maximum absolute atomic E-state index is 13.2. The molecule has 4 nitrogen and oxygen atoms in total. The molecule has 0 bridgehead atoms. The Balaban J connectivity index is 1.97. The van der Waals surface area contributed by atoms with Crippen molar-refractivity contribution in [3.8, 4) is 0 Å². The summed E-state index contributed by atoms with van der Waals surface area (Å²) in [5.74, 6) is 0. The van der Waals surface area contributed by atoms with Crippen LogP contribution in [0.25, 0.3) is 10.8 Å². The van der Waals surface area contributed by atoms with Crippen molar-refractivity contribution in [3.63, 3.8) is 0 Å². The highest BCUT2D eigenvalue weighted by Gasteiger charge is 2.25. The summed E-state index contributed by atoms with van der Waals surface area (Å²) in [5.41, 5.74) is 0.868. The Hall–Kier alpha value is -1.95. The largest absolute Gasteiger partial charge is 0.261 e. The van der Waals surface area contributed by atoms with Gasteiger partial charge in [-0.05, 0) is 29.7 Å². The second-order valence-corrected chi connectivity index (χ2v) is 7.98. The zero-order chi connectivity index (χ0) is 17.9. The molecule has 0 saturated heterocycles. The van der Waals surface area contributed by atoms with Crippen LogP contribution < -0.4 is 0 Å². The molecule has 0 fully saturated rings. The van der Waals surface area contributed by atoms with Crippen LogP contribution in [0.4, 0.5) is 0 Å². The van der Waals surface area contributed by atoms with Crippen LogP contribution >= 0.6 is 11.6 Å². The second kappa shape index (κ2) is 7.52. The van der Waals surface area contributed by atoms with Crippen molar-refractivity contribution in [3.05, 3.63) is 71.5 Å². The third-order valence-electron chi connectivity index (χ3n) is 4.13. The Kier molecular flexibility index (Phi) is 5.37. The molecule has 2 aromatic carbocycles. The van der Waals surface area contributed by atoms with E-state index in [-0.39, 0.29) is 4.90 Å². The van der Waals surface area contributed by atoms with Crippen LogP contribution in [-0.4, -0.2) is 30.8 Å². The first-order valence-corrected chi connectivity index (χ1v) is 9.93. The monoisotopic (exact) mass is 374 g/mol. The van der Waals surface area contributed by atoms with Gasteiger partial charge in [0.05, 0.1) is 4.90 Å². The minimum Gasteiger partial charge on any atom is -0.261 e. The van der Waals surface area contributed by atoms with Gasteiger partial charge < -0.3 is 0 Å². The van der Waals surface area contributed by atoms with E-state index in [1.54, 1.807) is 24.4 Å². The minimum absolute atomic E-state index is 0.249. The van der Waals surface area contributed by atoms with Crippen molar-refractivity contribution in [2.75, 3.05) is 13.1 Å². The van der Waals surface area contributed by atoms with E-state index in [0.29, 0.717) is 29.9 Å². The fourth-order valence-corrected chi connectivity index (χ4v) is 4.88. The lowest BCUT2D eigenvalue weighted by Gasteiger charge is -2.21. The number of fused-ring (bicyclic) bond motifs is 1. The zero-order valence-corrected chi connectivity index (χ0v) is 15.5. The summed E-state index contributed by atoms with van der Waals surface area (Å²) in [6.45, 7) is 2.59. The average Bonchev–Trinajstić information content (AvgIpc) is 2.63. The van der Waals surface area contributed by atoms with Gasteiger partial charge in [0.1, 0.15) is 0 Å². The summed E-state index contributed by atoms with van der Waals surface area (Å²) >= 11 is 6.30. The molecule has 0 aliphatic rings. The van der Waals surface area contributed by atoms with Gasteiger partial charge in [0.25, 0.3) is 0 Å². The summed E-state index contributed by atoms with van der Waals surface area (Å²) < 4.78 is 27.9. The first-order valence-electron chi connectivity index (χ1n) is 8.11. The third-order valence-corrected chi connectivity index (χ3v) is 6.46. The fraction of sp³-hybridized carbons (Fsp3) is 0.211. The zero-order valence-electron chi connectivity index (χ0n) is 13.9. The number of nitrogens with zero attached hydrogens (tertiary/aromatic N) is 2. The van der Waals surface area contributed by atoms with E-state index in [1.165, 1.54) is 4.31 Å². The SMILES string of the molecule is CCN(CCc1ccccn1)S(=O)(=O)c1cccc2cccc(Cl)c12. The smallest absolute Gasteiger partial charge is 0.243 e. The van der Waals surface area contributed by atoms with Crippen LogP contribution in [0.1, 0.15) is 12.6 Å². The van der Waals surface area contributed by atoms with E-state index in [4.69, 9.17) is 11.6 Å². The van der Waals surface area contributed by atoms with E-state index >= 15 is 0 Å². The van der Waals surface area contributed by atoms with Gasteiger partial charge in [-0.1, -0.05) is 48.9 Å². The summed E-state index contributed by atoms with van der Waals surface area (Å²) in [4.78, 5) is 4.51. The van der Waals surface area contributed by atoms with Crippen molar-refractivity contribution < 1.29 is 8.42 Å². The summed E-state index contributed by atoms with van der Waals surface area (Å²) in [5, 5.41) is 1.83. The first kappa shape index (κ1) is 17.9. The molecular weight excluding hydrogens is 356 g/mol. The van der Waals surface area contributed by atoms with Crippen LogP contribution in [0.2, 0.25) is 5.02 Å². The molecule has 25 heavy (non-hydrogen) atoms. The van der Waals surface area contributed by atoms with Crippen molar-refractivity contribution >= 4 is 32.4 Å². The van der Waals surface area contributed by atoms with Crippen LogP contribution in [-0.2, 0) is 16.4 Å². The van der Waals surface area contributed by atoms with Gasteiger partial charge in [0.2, 0.25) is 10.0 Å². The number of likely N-dealkylation sites (N-methyl/N-ethyl adjacent to an activating group) is 1. The highest BCUT2D eigenvalue weighted by molar-refractivity contribution is 7.89. The lowest BCUT2D eigenvalue weighted by Crippen LogP contribution is -2.33. The molecule has 1 heterocycles. The Labute approximate surface area is 153 Å². The quantitative estimate of drug-likeness (QED) is 0.651. The van der Waals surface area contributed by atoms with Gasteiger partial charge in [0, 0.05) is 41.8 Å². The standard InChI is InChI=1S/C19H19ClN2O2S/c1-2-22(14-12-16-9-3-4-13-21-16)25(23,24)18-11-6-8-15-7-5-10-17(20)19(15)18/h3-11,13H,2,12,14H2,1H3. The predicted octanol–water partition coefficient (Wildman–Crippen LogP) is 4.14. The number of hydrogen-bond acceptors (Lipinski definition) is 3. The Bertz CT molecular complexity index is 970. The van der Waals surface area contributed by atoms with Crippen LogP contribution in [0, 0.1) is 0 Å². The molecule has 0 radical (unpaired) electrons. The van der Waals surface area contributed by atoms with E-state index in [0.717, 1.165) is 11.1 Å². The minimum atomic E-state index is -3.65.